The molecule has 32 heavy (non-hydrogen) atoms. The Labute approximate surface area is 203 Å². The number of rotatable bonds is 17. The molecule has 0 aliphatic carbocycles. The van der Waals surface area contributed by atoms with E-state index in [1.807, 2.05) is 29.2 Å². The Hall–Kier alpha value is -1.26. The van der Waals surface area contributed by atoms with Crippen molar-refractivity contribution in [2.45, 2.75) is 110 Å². The zero-order chi connectivity index (χ0) is 22.0. The molecule has 0 aromatic heterocycles. The van der Waals surface area contributed by atoms with Gasteiger partial charge in [-0.25, -0.2) is 0 Å². The Balaban J connectivity index is 0.00000512. The monoisotopic (exact) mass is 466 g/mol. The summed E-state index contributed by atoms with van der Waals surface area (Å²) in [5.41, 5.74) is 0. The number of quaternary nitrogens is 1. The Morgan fingerprint density at radius 3 is 1.94 bits per heavy atom. The van der Waals surface area contributed by atoms with Gasteiger partial charge in [0.2, 0.25) is 5.91 Å². The average molecular weight is 467 g/mol. The molecule has 2 heterocycles. The minimum atomic E-state index is 0. The Kier molecular flexibility index (Phi) is 16.4. The maximum Gasteiger partial charge on any atom is 0.227 e. The number of hydrogen-bond donors (Lipinski definition) is 0. The van der Waals surface area contributed by atoms with Crippen LogP contribution in [0.1, 0.15) is 110 Å². The normalized spacial score (nSPS) is 23.2. The van der Waals surface area contributed by atoms with E-state index < -0.39 is 0 Å². The summed E-state index contributed by atoms with van der Waals surface area (Å²) in [5.74, 6) is 0.261. The van der Waals surface area contributed by atoms with Gasteiger partial charge in [-0.3, -0.25) is 9.69 Å². The third kappa shape index (κ3) is 12.1. The van der Waals surface area contributed by atoms with E-state index in [4.69, 9.17) is 4.84 Å². The van der Waals surface area contributed by atoms with Crippen LogP contribution in [0.2, 0.25) is 0 Å². The molecule has 1 saturated heterocycles. The number of hydrogen-bond acceptors (Lipinski definition) is 2. The summed E-state index contributed by atoms with van der Waals surface area (Å²) in [7, 11) is 0. The predicted molar refractivity (Wildman–Crippen MR) is 130 cm³/mol. The highest BCUT2D eigenvalue weighted by Gasteiger charge is 2.34. The summed E-state index contributed by atoms with van der Waals surface area (Å²) in [6.45, 7) is 4.67. The molecular formula is C27H47ClN2O2. The van der Waals surface area contributed by atoms with Crippen molar-refractivity contribution in [1.29, 1.82) is 0 Å². The average Bonchev–Trinajstić information content (AvgIpc) is 3.15. The van der Waals surface area contributed by atoms with Crippen LogP contribution < -0.4 is 12.4 Å². The molecule has 1 fully saturated rings. The molecule has 0 bridgehead atoms. The largest absolute Gasteiger partial charge is 1.00 e. The Morgan fingerprint density at radius 1 is 0.812 bits per heavy atom. The number of carbonyl (C=O) groups is 1. The highest BCUT2D eigenvalue weighted by molar-refractivity contribution is 5.77. The molecule has 0 aromatic carbocycles. The third-order valence-electron chi connectivity index (χ3n) is 6.51. The van der Waals surface area contributed by atoms with Gasteiger partial charge in [-0.15, -0.1) is 0 Å². The first kappa shape index (κ1) is 28.8. The molecule has 0 radical (unpaired) electrons. The molecule has 0 spiro atoms. The summed E-state index contributed by atoms with van der Waals surface area (Å²) in [5, 5.41) is 0. The van der Waals surface area contributed by atoms with E-state index >= 15 is 0 Å². The fourth-order valence-corrected chi connectivity index (χ4v) is 4.57. The second kappa shape index (κ2) is 18.2. The number of nitrogens with zero attached hydrogens (tertiary/aromatic N) is 2. The van der Waals surface area contributed by atoms with E-state index in [0.29, 0.717) is 17.7 Å². The minimum Gasteiger partial charge on any atom is -1.00 e. The SMILES string of the molecule is CCCCCCCCCCCCCCCC[N+]1(CN2CCCC2=O)\C=C/C=C\C=C/O1.[Cl-]. The van der Waals surface area contributed by atoms with Crippen LogP contribution in [-0.4, -0.2) is 35.2 Å². The molecule has 0 saturated carbocycles. The molecule has 4 nitrogen and oxygen atoms in total. The van der Waals surface area contributed by atoms with Gasteiger partial charge in [-0.1, -0.05) is 101 Å². The van der Waals surface area contributed by atoms with Crippen molar-refractivity contribution >= 4 is 5.91 Å². The van der Waals surface area contributed by atoms with Crippen LogP contribution in [0.25, 0.3) is 0 Å². The highest BCUT2D eigenvalue weighted by atomic mass is 35.5. The summed E-state index contributed by atoms with van der Waals surface area (Å²) in [6.07, 6.45) is 32.6. The van der Waals surface area contributed by atoms with Crippen LogP contribution in [0, 0.1) is 0 Å². The second-order valence-corrected chi connectivity index (χ2v) is 9.33. The zero-order valence-corrected chi connectivity index (χ0v) is 21.2. The molecule has 0 aromatic rings. The molecule has 1 unspecified atom stereocenters. The Bertz CT molecular complexity index is 576. The maximum absolute atomic E-state index is 12.1. The van der Waals surface area contributed by atoms with Gasteiger partial charge < -0.3 is 17.2 Å². The first-order valence-corrected chi connectivity index (χ1v) is 13.1. The first-order valence-electron chi connectivity index (χ1n) is 13.1. The number of unbranched alkanes of at least 4 members (excludes halogenated alkanes) is 13. The van der Waals surface area contributed by atoms with Crippen molar-refractivity contribution < 1.29 is 26.7 Å². The molecular weight excluding hydrogens is 420 g/mol. The van der Waals surface area contributed by atoms with Crippen LogP contribution in [0.5, 0.6) is 0 Å². The number of halogens is 1. The standard InChI is InChI=1S/C27H47N2O2.ClH/c1-2-3-4-5-6-7-8-9-10-11-12-13-14-17-23-29(24-18-15-16-19-25-31-29)26-28-22-20-21-27(28)30;/h15-16,18-19,24-25H,2-14,17,20-23,26H2,1H3;1H/q+1;/p-1/b16-15-,24-18-,25-19-;. The van der Waals surface area contributed by atoms with Gasteiger partial charge in [0, 0.05) is 19.4 Å². The van der Waals surface area contributed by atoms with E-state index in [2.05, 4.69) is 13.1 Å². The Morgan fingerprint density at radius 2 is 1.38 bits per heavy atom. The molecule has 1 atom stereocenters. The lowest BCUT2D eigenvalue weighted by atomic mass is 10.0. The second-order valence-electron chi connectivity index (χ2n) is 9.33. The van der Waals surface area contributed by atoms with Crippen molar-refractivity contribution in [2.24, 2.45) is 0 Å². The molecule has 2 rings (SSSR count). The molecule has 184 valence electrons. The van der Waals surface area contributed by atoms with Crippen molar-refractivity contribution in [3.8, 4) is 0 Å². The minimum absolute atomic E-state index is 0. The zero-order valence-electron chi connectivity index (χ0n) is 20.5. The lowest BCUT2D eigenvalue weighted by molar-refractivity contribution is -1.06. The number of hydroxylamine groups is 3. The van der Waals surface area contributed by atoms with Gasteiger partial charge in [0.15, 0.2) is 12.9 Å². The number of carbonyl (C=O) groups excluding carboxylic acids is 1. The maximum atomic E-state index is 12.1. The van der Waals surface area contributed by atoms with Crippen LogP contribution in [0.3, 0.4) is 0 Å². The van der Waals surface area contributed by atoms with Crippen LogP contribution >= 0.6 is 0 Å². The van der Waals surface area contributed by atoms with Crippen molar-refractivity contribution in [3.63, 3.8) is 0 Å². The topological polar surface area (TPSA) is 29.5 Å². The number of allylic oxidation sites excluding steroid dienone is 4. The molecule has 0 N–H and O–H groups in total. The van der Waals surface area contributed by atoms with Crippen LogP contribution in [0.4, 0.5) is 0 Å². The first-order chi connectivity index (χ1) is 15.3. The van der Waals surface area contributed by atoms with E-state index in [9.17, 15) is 4.79 Å². The predicted octanol–water partition coefficient (Wildman–Crippen LogP) is 4.40. The lowest BCUT2D eigenvalue weighted by Gasteiger charge is -2.34. The van der Waals surface area contributed by atoms with Crippen LogP contribution in [0.15, 0.2) is 36.8 Å². The highest BCUT2D eigenvalue weighted by Crippen LogP contribution is 2.21. The molecule has 5 heteroatoms. The molecule has 1 amide bonds. The van der Waals surface area contributed by atoms with Gasteiger partial charge in [-0.05, 0) is 25.0 Å². The van der Waals surface area contributed by atoms with Crippen LogP contribution in [-0.2, 0) is 9.63 Å². The van der Waals surface area contributed by atoms with Gasteiger partial charge in [0.1, 0.15) is 12.7 Å². The molecule has 2 aliphatic heterocycles. The number of likely N-dealkylation sites (tertiary alicyclic amines) is 1. The molecule has 2 aliphatic rings. The van der Waals surface area contributed by atoms with Gasteiger partial charge in [0.05, 0.1) is 0 Å². The van der Waals surface area contributed by atoms with E-state index in [-0.39, 0.29) is 18.3 Å². The van der Waals surface area contributed by atoms with Gasteiger partial charge >= 0.3 is 0 Å². The van der Waals surface area contributed by atoms with Gasteiger partial charge in [-0.2, -0.15) is 0 Å². The summed E-state index contributed by atoms with van der Waals surface area (Å²) >= 11 is 0. The smallest absolute Gasteiger partial charge is 0.227 e. The van der Waals surface area contributed by atoms with Crippen molar-refractivity contribution in [1.82, 2.24) is 4.90 Å². The number of amides is 1. The summed E-state index contributed by atoms with van der Waals surface area (Å²) in [4.78, 5) is 20.2. The summed E-state index contributed by atoms with van der Waals surface area (Å²) < 4.78 is 0.394. The summed E-state index contributed by atoms with van der Waals surface area (Å²) in [6, 6.07) is 0. The fraction of sp³-hybridized carbons (Fsp3) is 0.741. The quantitative estimate of drug-likeness (QED) is 0.235. The fourth-order valence-electron chi connectivity index (χ4n) is 4.57. The van der Waals surface area contributed by atoms with Crippen molar-refractivity contribution in [2.75, 3.05) is 19.8 Å². The van der Waals surface area contributed by atoms with Gasteiger partial charge in [0.25, 0.3) is 0 Å². The third-order valence-corrected chi connectivity index (χ3v) is 6.51. The van der Waals surface area contributed by atoms with E-state index in [1.54, 1.807) is 6.26 Å². The van der Waals surface area contributed by atoms with E-state index in [0.717, 1.165) is 25.9 Å². The van der Waals surface area contributed by atoms with Crippen molar-refractivity contribution in [3.05, 3.63) is 36.8 Å². The van der Waals surface area contributed by atoms with E-state index in [1.165, 1.54) is 83.5 Å². The lowest BCUT2D eigenvalue weighted by Crippen LogP contribution is -3.00.